The van der Waals surface area contributed by atoms with E-state index >= 15 is 0 Å². The van der Waals surface area contributed by atoms with E-state index in [1.54, 1.807) is 4.90 Å². The summed E-state index contributed by atoms with van der Waals surface area (Å²) in [6.45, 7) is 6.73. The second-order valence-corrected chi connectivity index (χ2v) is 9.50. The summed E-state index contributed by atoms with van der Waals surface area (Å²) < 4.78 is 6.85. The first kappa shape index (κ1) is 26.5. The molecule has 6 heteroatoms. The van der Waals surface area contributed by atoms with E-state index in [2.05, 4.69) is 21.2 Å². The fourth-order valence-electron chi connectivity index (χ4n) is 3.83. The Balaban J connectivity index is 1.90. The second-order valence-electron chi connectivity index (χ2n) is 8.64. The van der Waals surface area contributed by atoms with Crippen molar-refractivity contribution in [3.05, 3.63) is 99.5 Å². The number of ether oxygens (including phenoxy) is 1. The van der Waals surface area contributed by atoms with Crippen LogP contribution in [0.15, 0.2) is 77.3 Å². The van der Waals surface area contributed by atoms with Crippen LogP contribution < -0.4 is 10.1 Å². The summed E-state index contributed by atoms with van der Waals surface area (Å²) >= 11 is 3.49. The van der Waals surface area contributed by atoms with Crippen LogP contribution in [0.3, 0.4) is 0 Å². The molecule has 184 valence electrons. The lowest BCUT2D eigenvalue weighted by Crippen LogP contribution is -2.51. The van der Waals surface area contributed by atoms with Crippen LogP contribution in [0.25, 0.3) is 0 Å². The summed E-state index contributed by atoms with van der Waals surface area (Å²) in [5.41, 5.74) is 4.09. The third-order valence-corrected chi connectivity index (χ3v) is 6.80. The van der Waals surface area contributed by atoms with Gasteiger partial charge in [-0.15, -0.1) is 0 Å². The van der Waals surface area contributed by atoms with Crippen LogP contribution in [0.5, 0.6) is 5.75 Å². The second kappa shape index (κ2) is 13.1. The van der Waals surface area contributed by atoms with Gasteiger partial charge in [0, 0.05) is 24.0 Å². The van der Waals surface area contributed by atoms with Gasteiger partial charge in [-0.3, -0.25) is 9.59 Å². The molecule has 0 spiro atoms. The van der Waals surface area contributed by atoms with Crippen molar-refractivity contribution in [2.75, 3.05) is 13.2 Å². The lowest BCUT2D eigenvalue weighted by Gasteiger charge is -2.32. The molecule has 0 fully saturated rings. The van der Waals surface area contributed by atoms with Gasteiger partial charge < -0.3 is 15.0 Å². The summed E-state index contributed by atoms with van der Waals surface area (Å²) in [5, 5.41) is 3.00. The first-order valence-corrected chi connectivity index (χ1v) is 12.7. The normalized spacial score (nSPS) is 11.5. The molecule has 3 aromatic carbocycles. The number of nitrogens with zero attached hydrogens (tertiary/aromatic N) is 1. The molecular formula is C29H33BrN2O3. The molecular weight excluding hydrogens is 504 g/mol. The molecule has 0 aliphatic rings. The van der Waals surface area contributed by atoms with Crippen LogP contribution in [-0.4, -0.2) is 35.9 Å². The highest BCUT2D eigenvalue weighted by Gasteiger charge is 2.30. The topological polar surface area (TPSA) is 58.6 Å². The molecule has 5 nitrogen and oxygen atoms in total. The van der Waals surface area contributed by atoms with Gasteiger partial charge in [0.15, 0.2) is 6.61 Å². The first-order valence-electron chi connectivity index (χ1n) is 11.9. The van der Waals surface area contributed by atoms with Crippen LogP contribution in [0, 0.1) is 13.8 Å². The highest BCUT2D eigenvalue weighted by molar-refractivity contribution is 9.10. The number of carbonyl (C=O) groups excluding carboxylic acids is 2. The number of carbonyl (C=O) groups is 2. The molecule has 35 heavy (non-hydrogen) atoms. The van der Waals surface area contributed by atoms with Crippen molar-refractivity contribution in [3.63, 3.8) is 0 Å². The Morgan fingerprint density at radius 3 is 2.37 bits per heavy atom. The molecule has 1 atom stereocenters. The highest BCUT2D eigenvalue weighted by Crippen LogP contribution is 2.22. The molecule has 0 heterocycles. The third-order valence-electron chi connectivity index (χ3n) is 5.91. The molecule has 0 radical (unpaired) electrons. The Kier molecular flexibility index (Phi) is 9.91. The summed E-state index contributed by atoms with van der Waals surface area (Å²) in [4.78, 5) is 28.6. The van der Waals surface area contributed by atoms with Crippen LogP contribution in [0.1, 0.15) is 35.6 Å². The summed E-state index contributed by atoms with van der Waals surface area (Å²) in [6.07, 6.45) is 1.24. The minimum absolute atomic E-state index is 0.153. The van der Waals surface area contributed by atoms with Crippen LogP contribution in [-0.2, 0) is 22.6 Å². The molecule has 0 saturated carbocycles. The van der Waals surface area contributed by atoms with Crippen molar-refractivity contribution in [1.29, 1.82) is 0 Å². The van der Waals surface area contributed by atoms with E-state index in [1.807, 2.05) is 93.6 Å². The number of hydrogen-bond donors (Lipinski definition) is 1. The molecule has 3 rings (SSSR count). The van der Waals surface area contributed by atoms with Gasteiger partial charge in [-0.2, -0.15) is 0 Å². The maximum atomic E-state index is 13.6. The largest absolute Gasteiger partial charge is 0.484 e. The van der Waals surface area contributed by atoms with Gasteiger partial charge in [0.25, 0.3) is 5.91 Å². The van der Waals surface area contributed by atoms with E-state index in [4.69, 9.17) is 4.74 Å². The number of amides is 2. The minimum atomic E-state index is -0.661. The number of hydrogen-bond acceptors (Lipinski definition) is 3. The smallest absolute Gasteiger partial charge is 0.261 e. The molecule has 0 bridgehead atoms. The Morgan fingerprint density at radius 2 is 1.69 bits per heavy atom. The number of nitrogens with one attached hydrogen (secondary N) is 1. The van der Waals surface area contributed by atoms with Crippen LogP contribution in [0.4, 0.5) is 0 Å². The van der Waals surface area contributed by atoms with Crippen molar-refractivity contribution in [2.24, 2.45) is 0 Å². The maximum absolute atomic E-state index is 13.6. The van der Waals surface area contributed by atoms with Gasteiger partial charge >= 0.3 is 0 Å². The van der Waals surface area contributed by atoms with Gasteiger partial charge in [0.1, 0.15) is 11.8 Å². The van der Waals surface area contributed by atoms with Crippen LogP contribution in [0.2, 0.25) is 0 Å². The van der Waals surface area contributed by atoms with Crippen molar-refractivity contribution >= 4 is 27.7 Å². The van der Waals surface area contributed by atoms with E-state index in [0.29, 0.717) is 25.3 Å². The van der Waals surface area contributed by atoms with E-state index in [-0.39, 0.29) is 18.4 Å². The molecule has 1 N–H and O–H groups in total. The Hall–Kier alpha value is -3.12. The number of benzene rings is 3. The zero-order valence-corrected chi connectivity index (χ0v) is 22.2. The molecule has 0 aliphatic heterocycles. The molecule has 2 amide bonds. The molecule has 3 aromatic rings. The molecule has 0 aromatic heterocycles. The van der Waals surface area contributed by atoms with Crippen molar-refractivity contribution in [2.45, 2.75) is 46.2 Å². The maximum Gasteiger partial charge on any atom is 0.261 e. The molecule has 0 saturated heterocycles. The minimum Gasteiger partial charge on any atom is -0.484 e. The average molecular weight is 537 g/mol. The standard InChI is InChI=1S/C29H33BrN2O3/c1-4-16-31-29(34)27(18-23-11-6-5-7-12-23)32(19-24-13-9-8-10-21(24)2)28(33)20-35-25-14-15-26(30)22(3)17-25/h5-15,17,27H,4,16,18-20H2,1-3H3,(H,31,34)/t27-/m1/s1. The summed E-state index contributed by atoms with van der Waals surface area (Å²) in [5.74, 6) is 0.225. The van der Waals surface area contributed by atoms with E-state index < -0.39 is 6.04 Å². The first-order chi connectivity index (χ1) is 16.9. The summed E-state index contributed by atoms with van der Waals surface area (Å²) in [7, 11) is 0. The Morgan fingerprint density at radius 1 is 0.971 bits per heavy atom. The van der Waals surface area contributed by atoms with Crippen LogP contribution >= 0.6 is 15.9 Å². The van der Waals surface area contributed by atoms with Gasteiger partial charge in [0.2, 0.25) is 5.91 Å². The quantitative estimate of drug-likeness (QED) is 0.346. The van der Waals surface area contributed by atoms with Gasteiger partial charge in [-0.25, -0.2) is 0 Å². The van der Waals surface area contributed by atoms with E-state index in [9.17, 15) is 9.59 Å². The lowest BCUT2D eigenvalue weighted by molar-refractivity contribution is -0.142. The third kappa shape index (κ3) is 7.69. The lowest BCUT2D eigenvalue weighted by atomic mass is 10.0. The average Bonchev–Trinajstić information content (AvgIpc) is 2.86. The molecule has 0 unspecified atom stereocenters. The van der Waals surface area contributed by atoms with E-state index in [1.165, 1.54) is 0 Å². The van der Waals surface area contributed by atoms with E-state index in [0.717, 1.165) is 33.1 Å². The SMILES string of the molecule is CCCNC(=O)[C@@H](Cc1ccccc1)N(Cc1ccccc1C)C(=O)COc1ccc(Br)c(C)c1. The van der Waals surface area contributed by atoms with Crippen molar-refractivity contribution in [1.82, 2.24) is 10.2 Å². The predicted octanol–water partition coefficient (Wildman–Crippen LogP) is 5.61. The number of rotatable bonds is 11. The zero-order valence-electron chi connectivity index (χ0n) is 20.6. The molecule has 0 aliphatic carbocycles. The zero-order chi connectivity index (χ0) is 25.2. The Bertz CT molecular complexity index is 1130. The fourth-order valence-corrected chi connectivity index (χ4v) is 4.07. The monoisotopic (exact) mass is 536 g/mol. The van der Waals surface area contributed by atoms with Gasteiger partial charge in [0.05, 0.1) is 0 Å². The van der Waals surface area contributed by atoms with Gasteiger partial charge in [-0.1, -0.05) is 77.5 Å². The van der Waals surface area contributed by atoms with Gasteiger partial charge in [-0.05, 0) is 60.7 Å². The summed E-state index contributed by atoms with van der Waals surface area (Å²) in [6, 6.07) is 22.7. The van der Waals surface area contributed by atoms with Crippen molar-refractivity contribution in [3.8, 4) is 5.75 Å². The predicted molar refractivity (Wildman–Crippen MR) is 143 cm³/mol. The Labute approximate surface area is 216 Å². The number of aryl methyl sites for hydroxylation is 2. The highest BCUT2D eigenvalue weighted by atomic mass is 79.9. The number of halogens is 1. The van der Waals surface area contributed by atoms with Crippen molar-refractivity contribution < 1.29 is 14.3 Å². The fraction of sp³-hybridized carbons (Fsp3) is 0.310.